The van der Waals surface area contributed by atoms with Gasteiger partial charge in [-0.25, -0.2) is 0 Å². The SMILES string of the molecule is COC(C(=O)NC1(CO)CCC1)c1ccccc1. The zero-order chi connectivity index (χ0) is 13.0. The molecule has 4 nitrogen and oxygen atoms in total. The molecule has 2 N–H and O–H groups in total. The summed E-state index contributed by atoms with van der Waals surface area (Å²) in [7, 11) is 1.52. The van der Waals surface area contributed by atoms with E-state index in [0.717, 1.165) is 24.8 Å². The van der Waals surface area contributed by atoms with Crippen molar-refractivity contribution in [1.82, 2.24) is 5.32 Å². The van der Waals surface area contributed by atoms with E-state index in [4.69, 9.17) is 4.74 Å². The van der Waals surface area contributed by atoms with Crippen LogP contribution in [0, 0.1) is 0 Å². The summed E-state index contributed by atoms with van der Waals surface area (Å²) >= 11 is 0. The highest BCUT2D eigenvalue weighted by molar-refractivity contribution is 5.83. The van der Waals surface area contributed by atoms with Gasteiger partial charge in [0.25, 0.3) is 5.91 Å². The number of hydrogen-bond acceptors (Lipinski definition) is 3. The van der Waals surface area contributed by atoms with Gasteiger partial charge in [0.15, 0.2) is 6.10 Å². The second-order valence-corrected chi connectivity index (χ2v) is 4.81. The summed E-state index contributed by atoms with van der Waals surface area (Å²) in [6, 6.07) is 9.37. The maximum atomic E-state index is 12.2. The fourth-order valence-electron chi connectivity index (χ4n) is 2.28. The van der Waals surface area contributed by atoms with Crippen LogP contribution in [0.2, 0.25) is 0 Å². The molecule has 0 aliphatic heterocycles. The predicted molar refractivity (Wildman–Crippen MR) is 68.0 cm³/mol. The van der Waals surface area contributed by atoms with Crippen LogP contribution in [0.4, 0.5) is 0 Å². The van der Waals surface area contributed by atoms with Crippen LogP contribution in [0.25, 0.3) is 0 Å². The van der Waals surface area contributed by atoms with Crippen molar-refractivity contribution in [2.45, 2.75) is 30.9 Å². The largest absolute Gasteiger partial charge is 0.394 e. The first-order valence-corrected chi connectivity index (χ1v) is 6.21. The van der Waals surface area contributed by atoms with Crippen LogP contribution in [-0.2, 0) is 9.53 Å². The zero-order valence-corrected chi connectivity index (χ0v) is 10.6. The number of aliphatic hydroxyl groups is 1. The van der Waals surface area contributed by atoms with Crippen molar-refractivity contribution in [2.24, 2.45) is 0 Å². The summed E-state index contributed by atoms with van der Waals surface area (Å²) in [5.74, 6) is -0.183. The van der Waals surface area contributed by atoms with Gasteiger partial charge in [0.05, 0.1) is 12.1 Å². The Morgan fingerprint density at radius 2 is 2.11 bits per heavy atom. The van der Waals surface area contributed by atoms with Crippen molar-refractivity contribution in [3.63, 3.8) is 0 Å². The Hall–Kier alpha value is -1.39. The normalized spacial score (nSPS) is 18.8. The number of rotatable bonds is 5. The van der Waals surface area contributed by atoms with E-state index in [1.54, 1.807) is 0 Å². The Morgan fingerprint density at radius 1 is 1.44 bits per heavy atom. The number of nitrogens with one attached hydrogen (secondary N) is 1. The fourth-order valence-corrected chi connectivity index (χ4v) is 2.28. The Balaban J connectivity index is 2.07. The van der Waals surface area contributed by atoms with Crippen molar-refractivity contribution >= 4 is 5.91 Å². The Kier molecular flexibility index (Phi) is 3.99. The molecule has 0 saturated heterocycles. The lowest BCUT2D eigenvalue weighted by Crippen LogP contribution is -2.57. The van der Waals surface area contributed by atoms with Crippen molar-refractivity contribution in [3.8, 4) is 0 Å². The van der Waals surface area contributed by atoms with Crippen LogP contribution in [-0.4, -0.2) is 30.3 Å². The Bertz CT molecular complexity index is 395. The smallest absolute Gasteiger partial charge is 0.254 e. The lowest BCUT2D eigenvalue weighted by atomic mass is 9.77. The molecule has 0 bridgehead atoms. The van der Waals surface area contributed by atoms with E-state index in [2.05, 4.69) is 5.32 Å². The Labute approximate surface area is 107 Å². The van der Waals surface area contributed by atoms with Gasteiger partial charge < -0.3 is 15.2 Å². The molecule has 1 aromatic rings. The van der Waals surface area contributed by atoms with Gasteiger partial charge in [-0.05, 0) is 24.8 Å². The minimum absolute atomic E-state index is 0.00996. The molecule has 1 aliphatic carbocycles. The average Bonchev–Trinajstić information content (AvgIpc) is 2.36. The number of carbonyl (C=O) groups excluding carboxylic acids is 1. The van der Waals surface area contributed by atoms with Gasteiger partial charge in [0, 0.05) is 7.11 Å². The molecule has 0 radical (unpaired) electrons. The number of aliphatic hydroxyl groups excluding tert-OH is 1. The number of methoxy groups -OCH3 is 1. The van der Waals surface area contributed by atoms with Gasteiger partial charge in [-0.3, -0.25) is 4.79 Å². The molecule has 1 atom stereocenters. The molecule has 1 amide bonds. The third-order valence-corrected chi connectivity index (χ3v) is 3.58. The summed E-state index contributed by atoms with van der Waals surface area (Å²) in [6.45, 7) is -0.00996. The van der Waals surface area contributed by atoms with Gasteiger partial charge in [0.1, 0.15) is 0 Å². The molecule has 0 aromatic heterocycles. The molecule has 4 heteroatoms. The van der Waals surface area contributed by atoms with E-state index in [-0.39, 0.29) is 12.5 Å². The third kappa shape index (κ3) is 2.54. The lowest BCUT2D eigenvalue weighted by Gasteiger charge is -2.41. The van der Waals surface area contributed by atoms with Crippen molar-refractivity contribution in [3.05, 3.63) is 35.9 Å². The molecular weight excluding hydrogens is 230 g/mol. The van der Waals surface area contributed by atoms with E-state index < -0.39 is 11.6 Å². The summed E-state index contributed by atoms with van der Waals surface area (Å²) in [4.78, 5) is 12.2. The predicted octanol–water partition coefficient (Wildman–Crippen LogP) is 1.41. The lowest BCUT2D eigenvalue weighted by molar-refractivity contribution is -0.135. The van der Waals surface area contributed by atoms with Crippen LogP contribution in [0.1, 0.15) is 30.9 Å². The van der Waals surface area contributed by atoms with E-state index in [1.165, 1.54) is 7.11 Å². The van der Waals surface area contributed by atoms with Crippen LogP contribution in [0.3, 0.4) is 0 Å². The second-order valence-electron chi connectivity index (χ2n) is 4.81. The van der Waals surface area contributed by atoms with Crippen LogP contribution in [0.15, 0.2) is 30.3 Å². The minimum atomic E-state index is -0.616. The molecule has 1 aromatic carbocycles. The molecule has 1 unspecified atom stereocenters. The maximum Gasteiger partial charge on any atom is 0.254 e. The summed E-state index contributed by atoms with van der Waals surface area (Å²) in [5, 5.41) is 12.3. The standard InChI is InChI=1S/C14H19NO3/c1-18-12(11-6-3-2-4-7-11)13(17)15-14(10-16)8-5-9-14/h2-4,6-7,12,16H,5,8-10H2,1H3,(H,15,17). The third-order valence-electron chi connectivity index (χ3n) is 3.58. The summed E-state index contributed by atoms with van der Waals surface area (Å²) < 4.78 is 5.26. The monoisotopic (exact) mass is 249 g/mol. The Morgan fingerprint density at radius 3 is 2.56 bits per heavy atom. The van der Waals surface area contributed by atoms with Gasteiger partial charge in [-0.15, -0.1) is 0 Å². The molecule has 1 saturated carbocycles. The average molecular weight is 249 g/mol. The quantitative estimate of drug-likeness (QED) is 0.829. The molecule has 1 fully saturated rings. The van der Waals surface area contributed by atoms with Crippen LogP contribution < -0.4 is 5.32 Å². The molecule has 98 valence electrons. The second kappa shape index (κ2) is 5.50. The van der Waals surface area contributed by atoms with Crippen LogP contribution >= 0.6 is 0 Å². The number of hydrogen-bond donors (Lipinski definition) is 2. The number of amides is 1. The van der Waals surface area contributed by atoms with E-state index >= 15 is 0 Å². The van der Waals surface area contributed by atoms with Crippen LogP contribution in [0.5, 0.6) is 0 Å². The first-order chi connectivity index (χ1) is 8.71. The highest BCUT2D eigenvalue weighted by atomic mass is 16.5. The van der Waals surface area contributed by atoms with Gasteiger partial charge in [-0.2, -0.15) is 0 Å². The minimum Gasteiger partial charge on any atom is -0.394 e. The maximum absolute atomic E-state index is 12.2. The topological polar surface area (TPSA) is 58.6 Å². The highest BCUT2D eigenvalue weighted by Crippen LogP contribution is 2.32. The first-order valence-electron chi connectivity index (χ1n) is 6.21. The molecule has 18 heavy (non-hydrogen) atoms. The number of ether oxygens (including phenoxy) is 1. The fraction of sp³-hybridized carbons (Fsp3) is 0.500. The van der Waals surface area contributed by atoms with Crippen molar-refractivity contribution < 1.29 is 14.6 Å². The van der Waals surface area contributed by atoms with E-state index in [1.807, 2.05) is 30.3 Å². The number of carbonyl (C=O) groups is 1. The van der Waals surface area contributed by atoms with Crippen molar-refractivity contribution in [1.29, 1.82) is 0 Å². The molecule has 1 aliphatic rings. The van der Waals surface area contributed by atoms with Gasteiger partial charge in [-0.1, -0.05) is 30.3 Å². The first kappa shape index (κ1) is 13.1. The van der Waals surface area contributed by atoms with Gasteiger partial charge in [0.2, 0.25) is 0 Å². The molecule has 2 rings (SSSR count). The van der Waals surface area contributed by atoms with E-state index in [9.17, 15) is 9.90 Å². The summed E-state index contributed by atoms with van der Waals surface area (Å²) in [6.07, 6.45) is 2.10. The molecular formula is C14H19NO3. The number of benzene rings is 1. The zero-order valence-electron chi connectivity index (χ0n) is 10.6. The highest BCUT2D eigenvalue weighted by Gasteiger charge is 2.39. The molecule has 0 spiro atoms. The molecule has 0 heterocycles. The summed E-state index contributed by atoms with van der Waals surface area (Å²) in [5.41, 5.74) is 0.396. The van der Waals surface area contributed by atoms with Gasteiger partial charge >= 0.3 is 0 Å². The van der Waals surface area contributed by atoms with Crippen molar-refractivity contribution in [2.75, 3.05) is 13.7 Å². The van der Waals surface area contributed by atoms with E-state index in [0.29, 0.717) is 0 Å².